The number of nitrogens with zero attached hydrogens (tertiary/aromatic N) is 1. The summed E-state index contributed by atoms with van der Waals surface area (Å²) in [6.07, 6.45) is 2.22. The van der Waals surface area contributed by atoms with Gasteiger partial charge in [-0.2, -0.15) is 0 Å². The van der Waals surface area contributed by atoms with Crippen molar-refractivity contribution in [2.24, 2.45) is 0 Å². The first-order valence-corrected chi connectivity index (χ1v) is 21.3. The zero-order valence-corrected chi connectivity index (χ0v) is 34.1. The van der Waals surface area contributed by atoms with Crippen LogP contribution in [0.4, 0.5) is 0 Å². The average Bonchev–Trinajstić information content (AvgIpc) is 3.37. The number of aromatic nitrogens is 1. The van der Waals surface area contributed by atoms with Crippen LogP contribution in [0.25, 0.3) is 83.1 Å². The quantitative estimate of drug-likeness (QED) is 0.150. The van der Waals surface area contributed by atoms with Gasteiger partial charge >= 0.3 is 0 Å². The van der Waals surface area contributed by atoms with Gasteiger partial charge in [0.25, 0.3) is 0 Å². The van der Waals surface area contributed by atoms with Gasteiger partial charge in [-0.05, 0) is 108 Å². The summed E-state index contributed by atoms with van der Waals surface area (Å²) in [6, 6.07) is 82.6. The van der Waals surface area contributed by atoms with Crippen LogP contribution in [0.5, 0.6) is 0 Å². The van der Waals surface area contributed by atoms with Crippen molar-refractivity contribution >= 4 is 27.4 Å². The number of nitrogens with one attached hydrogen (secondary N) is 2. The van der Waals surface area contributed by atoms with E-state index in [1.54, 1.807) is 0 Å². The van der Waals surface area contributed by atoms with Crippen molar-refractivity contribution in [2.45, 2.75) is 12.2 Å². The summed E-state index contributed by atoms with van der Waals surface area (Å²) in [6.45, 7) is 0. The second-order valence-corrected chi connectivity index (χ2v) is 16.0. The molecule has 1 aliphatic heterocycles. The largest absolute Gasteiger partial charge is 0.366 e. The van der Waals surface area contributed by atoms with E-state index in [1.165, 1.54) is 71.8 Å². The summed E-state index contributed by atoms with van der Waals surface area (Å²) >= 11 is 0. The van der Waals surface area contributed by atoms with Gasteiger partial charge in [0.15, 0.2) is 0 Å². The standard InChI is InChI=1S/C59H43N3/c1-5-15-40(16-6-1)46-23-13-25-50(36-46)57-39-56(61-59(62-57)51-26-14-24-47(37-51)41-17-7-2-8-18-41)45-29-27-42(28-30-45)48-31-33-52-49(35-48)32-34-54-58(52)53(43-19-9-3-10-20-43)38-55(60-54)44-21-11-4-12-22-44/h1-39,56,59,61-62H. The number of rotatable bonds is 8. The van der Waals surface area contributed by atoms with Gasteiger partial charge in [0.05, 0.1) is 17.3 Å². The van der Waals surface area contributed by atoms with Gasteiger partial charge in [0.2, 0.25) is 0 Å². The third-order valence-corrected chi connectivity index (χ3v) is 12.1. The highest BCUT2D eigenvalue weighted by Crippen LogP contribution is 2.39. The molecule has 11 rings (SSSR count). The number of pyridine rings is 1. The highest BCUT2D eigenvalue weighted by Gasteiger charge is 2.25. The minimum absolute atomic E-state index is 0.0290. The lowest BCUT2D eigenvalue weighted by atomic mass is 9.92. The van der Waals surface area contributed by atoms with Crippen LogP contribution in [0.15, 0.2) is 237 Å². The predicted octanol–water partition coefficient (Wildman–Crippen LogP) is 14.7. The molecule has 10 aromatic rings. The van der Waals surface area contributed by atoms with Crippen LogP contribution in [0.1, 0.15) is 28.9 Å². The van der Waals surface area contributed by atoms with E-state index in [1.807, 2.05) is 0 Å². The molecule has 2 heterocycles. The lowest BCUT2D eigenvalue weighted by molar-refractivity contribution is 0.443. The average molecular weight is 794 g/mol. The number of hydrogen-bond donors (Lipinski definition) is 2. The van der Waals surface area contributed by atoms with E-state index in [2.05, 4.69) is 247 Å². The molecule has 294 valence electrons. The summed E-state index contributed by atoms with van der Waals surface area (Å²) in [5, 5.41) is 11.4. The maximum atomic E-state index is 5.19. The SMILES string of the molecule is C1=C(c2cccc(-c3ccccc3)c2)NC(c2cccc(-c3ccccc3)c2)NC1c1ccc(-c2ccc3c(ccc4nc(-c5ccccc5)cc(-c5ccccc5)c43)c2)cc1. The molecule has 1 aliphatic rings. The highest BCUT2D eigenvalue weighted by atomic mass is 15.2. The van der Waals surface area contributed by atoms with Crippen molar-refractivity contribution in [3.8, 4) is 55.8 Å². The Morgan fingerprint density at radius 3 is 1.61 bits per heavy atom. The van der Waals surface area contributed by atoms with Crippen molar-refractivity contribution in [1.82, 2.24) is 15.6 Å². The van der Waals surface area contributed by atoms with Crippen molar-refractivity contribution < 1.29 is 0 Å². The normalized spacial score (nSPS) is 14.9. The van der Waals surface area contributed by atoms with E-state index >= 15 is 0 Å². The Bertz CT molecular complexity index is 3210. The fourth-order valence-electron chi connectivity index (χ4n) is 8.95. The fraction of sp³-hybridized carbons (Fsp3) is 0.0339. The van der Waals surface area contributed by atoms with Crippen molar-refractivity contribution in [3.05, 3.63) is 253 Å². The van der Waals surface area contributed by atoms with Crippen LogP contribution in [0.2, 0.25) is 0 Å². The van der Waals surface area contributed by atoms with E-state index < -0.39 is 0 Å². The molecule has 2 N–H and O–H groups in total. The van der Waals surface area contributed by atoms with Crippen LogP contribution in [-0.4, -0.2) is 4.98 Å². The van der Waals surface area contributed by atoms with Crippen LogP contribution >= 0.6 is 0 Å². The molecule has 0 saturated carbocycles. The molecule has 62 heavy (non-hydrogen) atoms. The summed E-state index contributed by atoms with van der Waals surface area (Å²) < 4.78 is 0. The summed E-state index contributed by atoms with van der Waals surface area (Å²) in [5.41, 5.74) is 17.3. The fourth-order valence-corrected chi connectivity index (χ4v) is 8.95. The molecule has 0 aliphatic carbocycles. The molecule has 0 amide bonds. The van der Waals surface area contributed by atoms with E-state index in [-0.39, 0.29) is 12.2 Å². The second-order valence-electron chi connectivity index (χ2n) is 16.0. The van der Waals surface area contributed by atoms with Crippen LogP contribution in [0, 0.1) is 0 Å². The summed E-state index contributed by atoms with van der Waals surface area (Å²) in [4.78, 5) is 5.19. The topological polar surface area (TPSA) is 37.0 Å². The first-order valence-electron chi connectivity index (χ1n) is 21.3. The van der Waals surface area contributed by atoms with E-state index in [4.69, 9.17) is 4.98 Å². The van der Waals surface area contributed by atoms with Gasteiger partial charge in [0.1, 0.15) is 6.17 Å². The molecule has 9 aromatic carbocycles. The molecule has 3 nitrogen and oxygen atoms in total. The van der Waals surface area contributed by atoms with Crippen molar-refractivity contribution in [2.75, 3.05) is 0 Å². The lowest BCUT2D eigenvalue weighted by Crippen LogP contribution is -2.39. The Hall–Kier alpha value is -7.85. The molecule has 0 radical (unpaired) electrons. The molecule has 2 atom stereocenters. The third kappa shape index (κ3) is 7.36. The molecular weight excluding hydrogens is 751 g/mol. The molecular formula is C59H43N3. The molecule has 0 bridgehead atoms. The maximum Gasteiger partial charge on any atom is 0.104 e. The van der Waals surface area contributed by atoms with Gasteiger partial charge in [0, 0.05) is 16.6 Å². The van der Waals surface area contributed by atoms with Crippen LogP contribution in [0.3, 0.4) is 0 Å². The Labute approximate surface area is 362 Å². The van der Waals surface area contributed by atoms with Crippen LogP contribution in [-0.2, 0) is 0 Å². The van der Waals surface area contributed by atoms with Gasteiger partial charge < -0.3 is 5.32 Å². The number of fused-ring (bicyclic) bond motifs is 3. The molecule has 0 saturated heterocycles. The Kier molecular flexibility index (Phi) is 9.78. The zero-order chi connectivity index (χ0) is 41.2. The molecule has 0 fully saturated rings. The monoisotopic (exact) mass is 793 g/mol. The Morgan fingerprint density at radius 1 is 0.371 bits per heavy atom. The third-order valence-electron chi connectivity index (χ3n) is 12.1. The van der Waals surface area contributed by atoms with Crippen molar-refractivity contribution in [1.29, 1.82) is 0 Å². The van der Waals surface area contributed by atoms with Gasteiger partial charge in [-0.1, -0.05) is 200 Å². The zero-order valence-electron chi connectivity index (χ0n) is 34.1. The number of hydrogen-bond acceptors (Lipinski definition) is 3. The minimum atomic E-state index is -0.113. The van der Waals surface area contributed by atoms with E-state index in [0.717, 1.165) is 28.0 Å². The first kappa shape index (κ1) is 37.2. The highest BCUT2D eigenvalue weighted by molar-refractivity contribution is 6.14. The van der Waals surface area contributed by atoms with Gasteiger partial charge in [-0.3, -0.25) is 5.32 Å². The Morgan fingerprint density at radius 2 is 0.919 bits per heavy atom. The van der Waals surface area contributed by atoms with Crippen LogP contribution < -0.4 is 10.6 Å². The molecule has 3 heteroatoms. The lowest BCUT2D eigenvalue weighted by Gasteiger charge is -2.33. The van der Waals surface area contributed by atoms with Crippen molar-refractivity contribution in [3.63, 3.8) is 0 Å². The summed E-state index contributed by atoms with van der Waals surface area (Å²) in [5.74, 6) is 0. The molecule has 1 aromatic heterocycles. The minimum Gasteiger partial charge on any atom is -0.366 e. The first-order chi connectivity index (χ1) is 30.7. The maximum absolute atomic E-state index is 5.19. The second kappa shape index (κ2) is 16.3. The summed E-state index contributed by atoms with van der Waals surface area (Å²) in [7, 11) is 0. The van der Waals surface area contributed by atoms with Gasteiger partial charge in [-0.25, -0.2) is 4.98 Å². The van der Waals surface area contributed by atoms with Gasteiger partial charge in [-0.15, -0.1) is 0 Å². The van der Waals surface area contributed by atoms with E-state index in [9.17, 15) is 0 Å². The Balaban J connectivity index is 0.947. The smallest absolute Gasteiger partial charge is 0.104 e. The predicted molar refractivity (Wildman–Crippen MR) is 259 cm³/mol. The molecule has 2 unspecified atom stereocenters. The molecule has 0 spiro atoms. The number of benzene rings is 9. The van der Waals surface area contributed by atoms with E-state index in [0.29, 0.717) is 0 Å².